The fourth-order valence-electron chi connectivity index (χ4n) is 3.30. The molecular formula is C22H21BO3. The lowest BCUT2D eigenvalue weighted by Crippen LogP contribution is -2.41. The van der Waals surface area contributed by atoms with Crippen LogP contribution in [0.5, 0.6) is 0 Å². The summed E-state index contributed by atoms with van der Waals surface area (Å²) >= 11 is 0. The van der Waals surface area contributed by atoms with E-state index in [0.717, 1.165) is 0 Å². The second-order valence-electron chi connectivity index (χ2n) is 7.62. The molecule has 26 heavy (non-hydrogen) atoms. The quantitative estimate of drug-likeness (QED) is 0.451. The zero-order valence-electron chi connectivity index (χ0n) is 21.0. The van der Waals surface area contributed by atoms with Crippen LogP contribution in [0.4, 0.5) is 0 Å². The Bertz CT molecular complexity index is 1440. The molecule has 0 saturated carbocycles. The molecule has 1 aliphatic rings. The topological polar surface area (TPSA) is 31.6 Å². The van der Waals surface area contributed by atoms with Crippen molar-refractivity contribution < 1.29 is 22.0 Å². The van der Waals surface area contributed by atoms with Gasteiger partial charge in [-0.1, -0.05) is 48.4 Å². The van der Waals surface area contributed by atoms with E-state index in [1.807, 2.05) is 33.8 Å². The third-order valence-corrected chi connectivity index (χ3v) is 5.48. The van der Waals surface area contributed by atoms with Crippen molar-refractivity contribution in [2.45, 2.75) is 38.9 Å². The number of hydrogen-bond donors (Lipinski definition) is 0. The van der Waals surface area contributed by atoms with Gasteiger partial charge in [-0.25, -0.2) is 0 Å². The van der Waals surface area contributed by atoms with Gasteiger partial charge in [-0.15, -0.1) is 0 Å². The highest BCUT2D eigenvalue weighted by Gasteiger charge is 2.52. The number of furan rings is 1. The molecule has 4 aromatic rings. The minimum absolute atomic E-state index is 0.0234. The van der Waals surface area contributed by atoms with Crippen LogP contribution in [-0.2, 0) is 9.31 Å². The van der Waals surface area contributed by atoms with Gasteiger partial charge in [0.1, 0.15) is 11.2 Å². The predicted octanol–water partition coefficient (Wildman–Crippen LogP) is 5.04. The van der Waals surface area contributed by atoms with Crippen molar-refractivity contribution in [1.29, 1.82) is 0 Å². The number of fused-ring (bicyclic) bond motifs is 5. The molecule has 3 aromatic carbocycles. The largest absolute Gasteiger partial charge is 0.498 e. The van der Waals surface area contributed by atoms with E-state index in [1.165, 1.54) is 0 Å². The van der Waals surface area contributed by atoms with E-state index in [4.69, 9.17) is 22.0 Å². The molecule has 0 spiro atoms. The molecule has 0 amide bonds. The molecule has 5 rings (SSSR count). The minimum atomic E-state index is -0.714. The molecule has 1 aromatic heterocycles. The fraction of sp³-hybridized carbons (Fsp3) is 0.273. The van der Waals surface area contributed by atoms with Crippen LogP contribution in [0.15, 0.2) is 58.9 Å². The first-order chi connectivity index (χ1) is 14.9. The number of benzene rings is 3. The summed E-state index contributed by atoms with van der Waals surface area (Å²) in [7, 11) is -0.714. The van der Waals surface area contributed by atoms with Crippen LogP contribution < -0.4 is 5.46 Å². The van der Waals surface area contributed by atoms with Gasteiger partial charge in [0.2, 0.25) is 0 Å². The van der Waals surface area contributed by atoms with E-state index in [-0.39, 0.29) is 40.5 Å². The van der Waals surface area contributed by atoms with Gasteiger partial charge in [0.25, 0.3) is 0 Å². The molecule has 3 nitrogen and oxygen atoms in total. The van der Waals surface area contributed by atoms with Crippen molar-refractivity contribution in [3.63, 3.8) is 0 Å². The first kappa shape index (κ1) is 10.8. The van der Waals surface area contributed by atoms with Gasteiger partial charge in [-0.05, 0) is 39.1 Å². The third kappa shape index (κ3) is 2.09. The lowest BCUT2D eigenvalue weighted by molar-refractivity contribution is 0.00578. The summed E-state index contributed by atoms with van der Waals surface area (Å²) in [5, 5.41) is 0.980. The summed E-state index contributed by atoms with van der Waals surface area (Å²) in [6.45, 7) is 7.79. The first-order valence-electron chi connectivity index (χ1n) is 11.6. The van der Waals surface area contributed by atoms with E-state index in [9.17, 15) is 0 Å². The van der Waals surface area contributed by atoms with Gasteiger partial charge in [0.05, 0.1) is 19.4 Å². The Morgan fingerprint density at radius 1 is 0.808 bits per heavy atom. The number of hydrogen-bond acceptors (Lipinski definition) is 3. The van der Waals surface area contributed by atoms with Gasteiger partial charge < -0.3 is 13.7 Å². The summed E-state index contributed by atoms with van der Waals surface area (Å²) in [5.74, 6) is 0. The molecule has 1 saturated heterocycles. The Morgan fingerprint density at radius 2 is 1.54 bits per heavy atom. The van der Waals surface area contributed by atoms with E-state index in [0.29, 0.717) is 21.8 Å². The van der Waals surface area contributed by atoms with Crippen LogP contribution in [0.25, 0.3) is 32.7 Å². The van der Waals surface area contributed by atoms with E-state index >= 15 is 0 Å². The van der Waals surface area contributed by atoms with Gasteiger partial charge in [0.15, 0.2) is 0 Å². The minimum Gasteiger partial charge on any atom is -0.456 e. The highest BCUT2D eigenvalue weighted by molar-refractivity contribution is 6.65. The van der Waals surface area contributed by atoms with Crippen molar-refractivity contribution in [3.8, 4) is 0 Å². The second-order valence-corrected chi connectivity index (χ2v) is 7.62. The Balaban J connectivity index is 1.91. The van der Waals surface area contributed by atoms with Crippen molar-refractivity contribution in [2.75, 3.05) is 0 Å². The van der Waals surface area contributed by atoms with Crippen molar-refractivity contribution >= 4 is 45.3 Å². The van der Waals surface area contributed by atoms with Crippen molar-refractivity contribution in [1.82, 2.24) is 0 Å². The van der Waals surface area contributed by atoms with Crippen LogP contribution in [0, 0.1) is 0 Å². The molecule has 1 fully saturated rings. The smallest absolute Gasteiger partial charge is 0.456 e. The highest BCUT2D eigenvalue weighted by atomic mass is 16.7. The average Bonchev–Trinajstić information content (AvgIpc) is 3.21. The molecule has 0 radical (unpaired) electrons. The lowest BCUT2D eigenvalue weighted by atomic mass is 9.78. The van der Waals surface area contributed by atoms with Crippen LogP contribution in [0.2, 0.25) is 0 Å². The van der Waals surface area contributed by atoms with E-state index < -0.39 is 30.4 Å². The molecular weight excluding hydrogens is 323 g/mol. The third-order valence-electron chi connectivity index (χ3n) is 5.48. The normalized spacial score (nSPS) is 22.2. The Morgan fingerprint density at radius 3 is 2.31 bits per heavy atom. The summed E-state index contributed by atoms with van der Waals surface area (Å²) < 4.78 is 68.4. The second kappa shape index (κ2) is 5.12. The highest BCUT2D eigenvalue weighted by Crippen LogP contribution is 2.38. The van der Waals surface area contributed by atoms with Crippen LogP contribution in [0.3, 0.4) is 0 Å². The van der Waals surface area contributed by atoms with Crippen LogP contribution in [0.1, 0.15) is 35.9 Å². The SMILES string of the molecule is [2H]c1c([2H])c([2H])c2c(c1[2H])c([2H])c([2H])c1c3cccc(B4OC(C)(C)C(C)(C)O4)c3oc21. The molecule has 2 heterocycles. The van der Waals surface area contributed by atoms with Crippen LogP contribution in [-0.4, -0.2) is 18.3 Å². The lowest BCUT2D eigenvalue weighted by Gasteiger charge is -2.32. The van der Waals surface area contributed by atoms with Gasteiger partial charge in [-0.3, -0.25) is 0 Å². The summed E-state index contributed by atoms with van der Waals surface area (Å²) in [6, 6.07) is 3.47. The number of para-hydroxylation sites is 1. The molecule has 4 heteroatoms. The monoisotopic (exact) mass is 350 g/mol. The van der Waals surface area contributed by atoms with Crippen molar-refractivity contribution in [3.05, 3.63) is 54.5 Å². The van der Waals surface area contributed by atoms with E-state index in [2.05, 4.69) is 0 Å². The van der Waals surface area contributed by atoms with E-state index in [1.54, 1.807) is 12.1 Å². The zero-order valence-corrected chi connectivity index (χ0v) is 15.0. The van der Waals surface area contributed by atoms with Gasteiger partial charge in [-0.2, -0.15) is 0 Å². The number of rotatable bonds is 1. The Labute approximate surface area is 161 Å². The summed E-state index contributed by atoms with van der Waals surface area (Å²) in [6.07, 6.45) is 0. The molecule has 0 N–H and O–H groups in total. The fourth-order valence-corrected chi connectivity index (χ4v) is 3.30. The van der Waals surface area contributed by atoms with Gasteiger partial charge >= 0.3 is 7.12 Å². The molecule has 0 aliphatic carbocycles. The maximum absolute atomic E-state index is 8.60. The van der Waals surface area contributed by atoms with Crippen LogP contribution >= 0.6 is 0 Å². The Hall–Kier alpha value is -2.30. The van der Waals surface area contributed by atoms with Crippen molar-refractivity contribution in [2.24, 2.45) is 0 Å². The molecule has 0 unspecified atom stereocenters. The maximum Gasteiger partial charge on any atom is 0.498 e. The Kier molecular flexibility index (Phi) is 2.12. The maximum atomic E-state index is 8.60. The predicted molar refractivity (Wildman–Crippen MR) is 107 cm³/mol. The summed E-state index contributed by atoms with van der Waals surface area (Å²) in [5.41, 5.74) is 0.0668. The zero-order chi connectivity index (χ0) is 23.3. The molecule has 0 bridgehead atoms. The standard InChI is InChI=1S/C22H21BO3/c1-21(2)22(3,4)26-23(25-21)18-11-7-10-16-17-13-12-14-8-5-6-9-15(14)19(17)24-20(16)18/h5-13H,1-4H3/i5D,6D,8D,9D,12D,13D. The molecule has 1 aliphatic heterocycles. The summed E-state index contributed by atoms with van der Waals surface area (Å²) in [4.78, 5) is 0. The first-order valence-corrected chi connectivity index (χ1v) is 8.57. The van der Waals surface area contributed by atoms with Gasteiger partial charge in [0, 0.05) is 21.6 Å². The average molecular weight is 350 g/mol. The molecule has 0 atom stereocenters. The molecule has 130 valence electrons.